The molecule has 0 saturated carbocycles. The Bertz CT molecular complexity index is 785. The van der Waals surface area contributed by atoms with Crippen LogP contribution in [0.5, 0.6) is 5.75 Å². The smallest absolute Gasteiger partial charge is 0.419 e. The third-order valence-corrected chi connectivity index (χ3v) is 4.19. The third kappa shape index (κ3) is 4.77. The lowest BCUT2D eigenvalue weighted by Gasteiger charge is -2.18. The number of rotatable bonds is 6. The van der Waals surface area contributed by atoms with Crippen molar-refractivity contribution >= 4 is 5.91 Å². The van der Waals surface area contributed by atoms with Gasteiger partial charge in [-0.25, -0.2) is 0 Å². The van der Waals surface area contributed by atoms with Gasteiger partial charge in [-0.2, -0.15) is 13.2 Å². The van der Waals surface area contributed by atoms with Gasteiger partial charge in [0, 0.05) is 7.05 Å². The van der Waals surface area contributed by atoms with Gasteiger partial charge in [-0.05, 0) is 42.2 Å². The minimum Gasteiger partial charge on any atom is -0.488 e. The number of halogens is 3. The van der Waals surface area contributed by atoms with Gasteiger partial charge in [-0.3, -0.25) is 4.79 Å². The maximum Gasteiger partial charge on any atom is 0.419 e. The zero-order valence-electron chi connectivity index (χ0n) is 15.0. The van der Waals surface area contributed by atoms with E-state index in [4.69, 9.17) is 4.74 Å². The molecule has 0 aliphatic heterocycles. The standard InChI is InChI=1S/C20H22F3NO2/c1-4-14-6-5-7-15(11-19(25)24-3)16(14)12-26-18-9-8-13(2)10-17(18)20(21,22)23/h5-10H,4,11-12H2,1-3H3,(H,24,25). The fourth-order valence-corrected chi connectivity index (χ4v) is 2.77. The Hall–Kier alpha value is -2.50. The monoisotopic (exact) mass is 365 g/mol. The van der Waals surface area contributed by atoms with Gasteiger partial charge >= 0.3 is 6.18 Å². The van der Waals surface area contributed by atoms with Gasteiger partial charge in [0.25, 0.3) is 0 Å². The van der Waals surface area contributed by atoms with E-state index in [1.807, 2.05) is 19.1 Å². The van der Waals surface area contributed by atoms with E-state index in [1.165, 1.54) is 6.07 Å². The summed E-state index contributed by atoms with van der Waals surface area (Å²) < 4.78 is 45.3. The van der Waals surface area contributed by atoms with Crippen LogP contribution >= 0.6 is 0 Å². The molecule has 140 valence electrons. The molecule has 0 aliphatic carbocycles. The van der Waals surface area contributed by atoms with E-state index in [-0.39, 0.29) is 24.7 Å². The van der Waals surface area contributed by atoms with Gasteiger partial charge in [0.2, 0.25) is 5.91 Å². The minimum atomic E-state index is -4.49. The number of aryl methyl sites for hydroxylation is 2. The molecule has 0 aliphatic rings. The van der Waals surface area contributed by atoms with Crippen molar-refractivity contribution < 1.29 is 22.7 Å². The number of nitrogens with one attached hydrogen (secondary N) is 1. The fourth-order valence-electron chi connectivity index (χ4n) is 2.77. The van der Waals surface area contributed by atoms with E-state index < -0.39 is 11.7 Å². The molecule has 1 N–H and O–H groups in total. The molecule has 0 saturated heterocycles. The Morgan fingerprint density at radius 2 is 1.85 bits per heavy atom. The van der Waals surface area contributed by atoms with Crippen LogP contribution in [0, 0.1) is 6.92 Å². The molecular weight excluding hydrogens is 343 g/mol. The first-order valence-electron chi connectivity index (χ1n) is 8.37. The van der Waals surface area contributed by atoms with Crippen LogP contribution in [0.3, 0.4) is 0 Å². The Balaban J connectivity index is 2.34. The first-order chi connectivity index (χ1) is 12.3. The highest BCUT2D eigenvalue weighted by molar-refractivity contribution is 5.78. The molecule has 2 rings (SSSR count). The van der Waals surface area contributed by atoms with Crippen molar-refractivity contribution in [3.63, 3.8) is 0 Å². The number of ether oxygens (including phenoxy) is 1. The summed E-state index contributed by atoms with van der Waals surface area (Å²) in [7, 11) is 1.55. The number of amides is 1. The topological polar surface area (TPSA) is 38.3 Å². The predicted octanol–water partition coefficient (Wildman–Crippen LogP) is 4.44. The van der Waals surface area contributed by atoms with Crippen LogP contribution in [-0.2, 0) is 30.4 Å². The van der Waals surface area contributed by atoms with E-state index in [2.05, 4.69) is 5.32 Å². The molecule has 0 atom stereocenters. The highest BCUT2D eigenvalue weighted by Gasteiger charge is 2.34. The highest BCUT2D eigenvalue weighted by atomic mass is 19.4. The second-order valence-electron chi connectivity index (χ2n) is 6.04. The van der Waals surface area contributed by atoms with Crippen LogP contribution in [-0.4, -0.2) is 13.0 Å². The Labute approximate surface area is 151 Å². The van der Waals surface area contributed by atoms with Crippen molar-refractivity contribution in [2.24, 2.45) is 0 Å². The normalized spacial score (nSPS) is 11.3. The van der Waals surface area contributed by atoms with Crippen molar-refractivity contribution in [2.45, 2.75) is 39.5 Å². The summed E-state index contributed by atoms with van der Waals surface area (Å²) >= 11 is 0. The molecule has 3 nitrogen and oxygen atoms in total. The maximum atomic E-state index is 13.3. The summed E-state index contributed by atoms with van der Waals surface area (Å²) in [5, 5.41) is 2.56. The molecule has 2 aromatic rings. The van der Waals surface area contributed by atoms with Crippen LogP contribution in [0.2, 0.25) is 0 Å². The maximum absolute atomic E-state index is 13.3. The first-order valence-corrected chi connectivity index (χ1v) is 8.37. The molecule has 6 heteroatoms. The zero-order valence-corrected chi connectivity index (χ0v) is 15.0. The molecule has 0 fully saturated rings. The lowest BCUT2D eigenvalue weighted by Crippen LogP contribution is -2.21. The molecule has 2 aromatic carbocycles. The van der Waals surface area contributed by atoms with Crippen molar-refractivity contribution in [1.29, 1.82) is 0 Å². The summed E-state index contributed by atoms with van der Waals surface area (Å²) in [6.07, 6.45) is -3.64. The third-order valence-electron chi connectivity index (χ3n) is 4.19. The number of hydrogen-bond donors (Lipinski definition) is 1. The number of likely N-dealkylation sites (N-methyl/N-ethyl adjacent to an activating group) is 1. The number of carbonyl (C=O) groups is 1. The van der Waals surface area contributed by atoms with Crippen molar-refractivity contribution in [1.82, 2.24) is 5.32 Å². The Morgan fingerprint density at radius 1 is 1.15 bits per heavy atom. The SMILES string of the molecule is CCc1cccc(CC(=O)NC)c1COc1ccc(C)cc1C(F)(F)F. The largest absolute Gasteiger partial charge is 0.488 e. The van der Waals surface area contributed by atoms with Crippen LogP contribution in [0.4, 0.5) is 13.2 Å². The molecule has 0 spiro atoms. The van der Waals surface area contributed by atoms with Gasteiger partial charge in [0.1, 0.15) is 12.4 Å². The summed E-state index contributed by atoms with van der Waals surface area (Å²) in [6.45, 7) is 3.53. The summed E-state index contributed by atoms with van der Waals surface area (Å²) in [5.41, 5.74) is 2.18. The van der Waals surface area contributed by atoms with Crippen LogP contribution in [0.15, 0.2) is 36.4 Å². The number of benzene rings is 2. The quantitative estimate of drug-likeness (QED) is 0.822. The van der Waals surface area contributed by atoms with E-state index in [0.717, 1.165) is 22.8 Å². The van der Waals surface area contributed by atoms with Crippen LogP contribution < -0.4 is 10.1 Å². The van der Waals surface area contributed by atoms with Gasteiger partial charge in [0.05, 0.1) is 12.0 Å². The molecule has 0 heterocycles. The number of hydrogen-bond acceptors (Lipinski definition) is 2. The number of alkyl halides is 3. The Morgan fingerprint density at radius 3 is 2.46 bits per heavy atom. The van der Waals surface area contributed by atoms with Crippen LogP contribution in [0.1, 0.15) is 34.7 Å². The molecule has 1 amide bonds. The van der Waals surface area contributed by atoms with Gasteiger partial charge in [-0.1, -0.05) is 36.8 Å². The van der Waals surface area contributed by atoms with Gasteiger partial charge < -0.3 is 10.1 Å². The lowest BCUT2D eigenvalue weighted by atomic mass is 9.97. The molecular formula is C20H22F3NO2. The average Bonchev–Trinajstić information content (AvgIpc) is 2.60. The molecule has 0 bridgehead atoms. The second kappa shape index (κ2) is 8.25. The summed E-state index contributed by atoms with van der Waals surface area (Å²) in [4.78, 5) is 11.7. The molecule has 0 aromatic heterocycles. The lowest BCUT2D eigenvalue weighted by molar-refractivity contribution is -0.139. The summed E-state index contributed by atoms with van der Waals surface area (Å²) in [6, 6.07) is 9.53. The zero-order chi connectivity index (χ0) is 19.3. The molecule has 0 unspecified atom stereocenters. The van der Waals surface area contributed by atoms with Crippen molar-refractivity contribution in [3.8, 4) is 5.75 Å². The molecule has 26 heavy (non-hydrogen) atoms. The predicted molar refractivity (Wildman–Crippen MR) is 94.1 cm³/mol. The van der Waals surface area contributed by atoms with E-state index in [9.17, 15) is 18.0 Å². The second-order valence-corrected chi connectivity index (χ2v) is 6.04. The first kappa shape index (κ1) is 19.8. The number of carbonyl (C=O) groups excluding carboxylic acids is 1. The fraction of sp³-hybridized carbons (Fsp3) is 0.350. The van der Waals surface area contributed by atoms with Crippen molar-refractivity contribution in [2.75, 3.05) is 7.05 Å². The van der Waals surface area contributed by atoms with E-state index in [1.54, 1.807) is 26.1 Å². The van der Waals surface area contributed by atoms with E-state index >= 15 is 0 Å². The van der Waals surface area contributed by atoms with E-state index in [0.29, 0.717) is 12.0 Å². The van der Waals surface area contributed by atoms with Crippen molar-refractivity contribution in [3.05, 3.63) is 64.2 Å². The summed E-state index contributed by atoms with van der Waals surface area (Å²) in [5.74, 6) is -0.370. The van der Waals surface area contributed by atoms with Gasteiger partial charge in [0.15, 0.2) is 0 Å². The Kier molecular flexibility index (Phi) is 6.29. The average molecular weight is 365 g/mol. The highest BCUT2D eigenvalue weighted by Crippen LogP contribution is 2.37. The minimum absolute atomic E-state index is 0.0253. The molecule has 0 radical (unpaired) electrons. The van der Waals surface area contributed by atoms with Crippen LogP contribution in [0.25, 0.3) is 0 Å². The van der Waals surface area contributed by atoms with Gasteiger partial charge in [-0.15, -0.1) is 0 Å².